The summed E-state index contributed by atoms with van der Waals surface area (Å²) >= 11 is 0. The second kappa shape index (κ2) is 9.43. The van der Waals surface area contributed by atoms with Crippen LogP contribution in [0.2, 0.25) is 0 Å². The molecule has 1 aromatic carbocycles. The Hall–Kier alpha value is -3.06. The van der Waals surface area contributed by atoms with Gasteiger partial charge in [0.2, 0.25) is 0 Å². The minimum Gasteiger partial charge on any atom is -0.462 e. The molecule has 0 aliphatic heterocycles. The highest BCUT2D eigenvalue weighted by Crippen LogP contribution is 2.21. The van der Waals surface area contributed by atoms with Crippen LogP contribution in [0.3, 0.4) is 0 Å². The van der Waals surface area contributed by atoms with E-state index in [9.17, 15) is 14.4 Å². The predicted molar refractivity (Wildman–Crippen MR) is 94.2 cm³/mol. The van der Waals surface area contributed by atoms with Crippen molar-refractivity contribution in [3.8, 4) is 0 Å². The van der Waals surface area contributed by atoms with Crippen molar-refractivity contribution < 1.29 is 24.0 Å². The SMILES string of the molecule is CCOC(=O)c1cccnc1N(OCc1ccccc1)C(=O)CC(C)=O. The zero-order valence-electron chi connectivity index (χ0n) is 14.7. The predicted octanol–water partition coefficient (Wildman–Crippen LogP) is 2.70. The summed E-state index contributed by atoms with van der Waals surface area (Å²) in [6.45, 7) is 3.24. The lowest BCUT2D eigenvalue weighted by molar-refractivity contribution is -0.131. The first kappa shape index (κ1) is 19.3. The molecule has 26 heavy (non-hydrogen) atoms. The van der Waals surface area contributed by atoms with Crippen molar-refractivity contribution in [2.24, 2.45) is 0 Å². The summed E-state index contributed by atoms with van der Waals surface area (Å²) in [5, 5.41) is 0.890. The molecule has 1 amide bonds. The van der Waals surface area contributed by atoms with Crippen molar-refractivity contribution in [1.82, 2.24) is 4.98 Å². The highest BCUT2D eigenvalue weighted by molar-refractivity contribution is 6.06. The van der Waals surface area contributed by atoms with Gasteiger partial charge in [0.1, 0.15) is 18.0 Å². The number of benzene rings is 1. The lowest BCUT2D eigenvalue weighted by Crippen LogP contribution is -2.34. The molecule has 0 spiro atoms. The first-order valence-electron chi connectivity index (χ1n) is 8.14. The maximum Gasteiger partial charge on any atom is 0.341 e. The zero-order chi connectivity index (χ0) is 18.9. The number of hydrogen-bond donors (Lipinski definition) is 0. The van der Waals surface area contributed by atoms with Gasteiger partial charge in [0.25, 0.3) is 5.91 Å². The van der Waals surface area contributed by atoms with Crippen molar-refractivity contribution in [3.63, 3.8) is 0 Å². The molecule has 0 radical (unpaired) electrons. The molecule has 2 aromatic rings. The molecule has 0 unspecified atom stereocenters. The lowest BCUT2D eigenvalue weighted by Gasteiger charge is -2.22. The van der Waals surface area contributed by atoms with E-state index < -0.39 is 11.9 Å². The van der Waals surface area contributed by atoms with E-state index in [1.165, 1.54) is 19.2 Å². The summed E-state index contributed by atoms with van der Waals surface area (Å²) in [4.78, 5) is 45.7. The summed E-state index contributed by atoms with van der Waals surface area (Å²) < 4.78 is 5.00. The van der Waals surface area contributed by atoms with Crippen molar-refractivity contribution in [2.75, 3.05) is 11.7 Å². The van der Waals surface area contributed by atoms with Crippen LogP contribution in [0, 0.1) is 0 Å². The van der Waals surface area contributed by atoms with Crippen molar-refractivity contribution in [1.29, 1.82) is 0 Å². The molecule has 2 rings (SSSR count). The Kier molecular flexibility index (Phi) is 6.99. The van der Waals surface area contributed by atoms with E-state index >= 15 is 0 Å². The summed E-state index contributed by atoms with van der Waals surface area (Å²) in [5.41, 5.74) is 0.904. The smallest absolute Gasteiger partial charge is 0.341 e. The van der Waals surface area contributed by atoms with Crippen LogP contribution in [0.4, 0.5) is 5.82 Å². The quantitative estimate of drug-likeness (QED) is 0.411. The van der Waals surface area contributed by atoms with E-state index in [-0.39, 0.29) is 36.8 Å². The van der Waals surface area contributed by atoms with Crippen LogP contribution >= 0.6 is 0 Å². The normalized spacial score (nSPS) is 10.2. The van der Waals surface area contributed by atoms with E-state index in [1.54, 1.807) is 13.0 Å². The molecule has 0 bridgehead atoms. The number of aromatic nitrogens is 1. The molecule has 0 saturated carbocycles. The monoisotopic (exact) mass is 356 g/mol. The first-order valence-corrected chi connectivity index (χ1v) is 8.14. The Morgan fingerprint density at radius 3 is 2.46 bits per heavy atom. The Bertz CT molecular complexity index is 777. The van der Waals surface area contributed by atoms with E-state index in [4.69, 9.17) is 9.57 Å². The van der Waals surface area contributed by atoms with E-state index in [0.29, 0.717) is 0 Å². The van der Waals surface area contributed by atoms with Crippen molar-refractivity contribution >= 4 is 23.5 Å². The second-order valence-electron chi connectivity index (χ2n) is 5.42. The number of esters is 1. The fraction of sp³-hybridized carbons (Fsp3) is 0.263. The third-order valence-corrected chi connectivity index (χ3v) is 3.30. The molecule has 0 aliphatic carbocycles. The third-order valence-electron chi connectivity index (χ3n) is 3.30. The fourth-order valence-electron chi connectivity index (χ4n) is 2.18. The molecule has 0 saturated heterocycles. The highest BCUT2D eigenvalue weighted by atomic mass is 16.7. The number of Topliss-reactive ketones (excluding diaryl/α,β-unsaturated/α-hetero) is 1. The van der Waals surface area contributed by atoms with Gasteiger partial charge in [-0.25, -0.2) is 9.78 Å². The molecule has 136 valence electrons. The van der Waals surface area contributed by atoms with Gasteiger partial charge in [-0.15, -0.1) is 0 Å². The van der Waals surface area contributed by atoms with Gasteiger partial charge >= 0.3 is 5.97 Å². The summed E-state index contributed by atoms with van der Waals surface area (Å²) in [6.07, 6.45) is 1.06. The molecule has 0 fully saturated rings. The molecule has 1 aromatic heterocycles. The van der Waals surface area contributed by atoms with Crippen LogP contribution in [-0.4, -0.2) is 29.3 Å². The van der Waals surface area contributed by atoms with E-state index in [0.717, 1.165) is 10.6 Å². The molecule has 7 nitrogen and oxygen atoms in total. The zero-order valence-corrected chi connectivity index (χ0v) is 14.7. The minimum atomic E-state index is -0.625. The Morgan fingerprint density at radius 2 is 1.81 bits per heavy atom. The molecule has 1 heterocycles. The van der Waals surface area contributed by atoms with Crippen LogP contribution in [0.15, 0.2) is 48.7 Å². The number of pyridine rings is 1. The third kappa shape index (κ3) is 5.22. The Balaban J connectivity index is 2.32. The van der Waals surface area contributed by atoms with Gasteiger partial charge in [-0.2, -0.15) is 5.06 Å². The minimum absolute atomic E-state index is 0.00636. The number of nitrogens with zero attached hydrogens (tertiary/aromatic N) is 2. The molecular weight excluding hydrogens is 336 g/mol. The molecule has 7 heteroatoms. The fourth-order valence-corrected chi connectivity index (χ4v) is 2.18. The average Bonchev–Trinajstić information content (AvgIpc) is 2.63. The summed E-state index contributed by atoms with van der Waals surface area (Å²) in [7, 11) is 0. The number of anilines is 1. The van der Waals surface area contributed by atoms with Crippen LogP contribution in [0.5, 0.6) is 0 Å². The number of carbonyl (C=O) groups is 3. The van der Waals surface area contributed by atoms with Gasteiger partial charge in [0, 0.05) is 6.20 Å². The van der Waals surface area contributed by atoms with E-state index in [1.807, 2.05) is 30.3 Å². The van der Waals surface area contributed by atoms with Gasteiger partial charge in [-0.3, -0.25) is 14.4 Å². The maximum absolute atomic E-state index is 12.5. The van der Waals surface area contributed by atoms with Gasteiger partial charge in [-0.1, -0.05) is 30.3 Å². The van der Waals surface area contributed by atoms with Crippen molar-refractivity contribution in [3.05, 3.63) is 59.8 Å². The largest absolute Gasteiger partial charge is 0.462 e. The number of rotatable bonds is 8. The van der Waals surface area contributed by atoms with Crippen molar-refractivity contribution in [2.45, 2.75) is 26.9 Å². The van der Waals surface area contributed by atoms with Crippen LogP contribution in [0.1, 0.15) is 36.2 Å². The van der Waals surface area contributed by atoms with Gasteiger partial charge < -0.3 is 4.74 Å². The summed E-state index contributed by atoms with van der Waals surface area (Å²) in [5.74, 6) is -1.57. The number of amides is 1. The maximum atomic E-state index is 12.5. The number of hydrogen-bond acceptors (Lipinski definition) is 6. The average molecular weight is 356 g/mol. The molecule has 0 N–H and O–H groups in total. The Morgan fingerprint density at radius 1 is 1.08 bits per heavy atom. The molecule has 0 aliphatic rings. The van der Waals surface area contributed by atoms with Gasteiger partial charge in [0.05, 0.1) is 13.0 Å². The molecule has 0 atom stereocenters. The standard InChI is InChI=1S/C19H20N2O5/c1-3-25-19(24)16-10-7-11-20-18(16)21(17(23)12-14(2)22)26-13-15-8-5-4-6-9-15/h4-11H,3,12-13H2,1-2H3. The first-order chi connectivity index (χ1) is 12.5. The van der Waals surface area contributed by atoms with Crippen LogP contribution in [-0.2, 0) is 25.8 Å². The number of carbonyl (C=O) groups excluding carboxylic acids is 3. The van der Waals surface area contributed by atoms with Crippen LogP contribution in [0.25, 0.3) is 0 Å². The topological polar surface area (TPSA) is 85.8 Å². The van der Waals surface area contributed by atoms with Crippen LogP contribution < -0.4 is 5.06 Å². The van der Waals surface area contributed by atoms with Gasteiger partial charge in [-0.05, 0) is 31.5 Å². The van der Waals surface area contributed by atoms with Gasteiger partial charge in [0.15, 0.2) is 5.82 Å². The number of ketones is 1. The van der Waals surface area contributed by atoms with E-state index in [2.05, 4.69) is 4.98 Å². The highest BCUT2D eigenvalue weighted by Gasteiger charge is 2.26. The number of hydroxylamine groups is 1. The number of ether oxygens (including phenoxy) is 1. The Labute approximate surface area is 151 Å². The molecular formula is C19H20N2O5. The second-order valence-corrected chi connectivity index (χ2v) is 5.42. The lowest BCUT2D eigenvalue weighted by atomic mass is 10.2. The summed E-state index contributed by atoms with van der Waals surface area (Å²) in [6, 6.07) is 12.2.